The summed E-state index contributed by atoms with van der Waals surface area (Å²) in [6, 6.07) is 16.5. The maximum atomic E-state index is 13.9. The van der Waals surface area contributed by atoms with E-state index in [9.17, 15) is 18.0 Å². The van der Waals surface area contributed by atoms with E-state index in [-0.39, 0.29) is 0 Å². The van der Waals surface area contributed by atoms with Crippen molar-refractivity contribution in [3.05, 3.63) is 71.8 Å². The van der Waals surface area contributed by atoms with E-state index in [1.54, 1.807) is 60.7 Å². The van der Waals surface area contributed by atoms with Crippen LogP contribution in [0.2, 0.25) is 0 Å². The average Bonchev–Trinajstić information content (AvgIpc) is 3.29. The third-order valence-electron chi connectivity index (χ3n) is 3.99. The number of carbonyl (C=O) groups excluding carboxylic acids is 1. The topological polar surface area (TPSA) is 26.3 Å². The van der Waals surface area contributed by atoms with Crippen LogP contribution in [-0.2, 0) is 14.3 Å². The number of esters is 1. The number of carbonyl (C=O) groups is 1. The van der Waals surface area contributed by atoms with E-state index in [1.807, 2.05) is 0 Å². The fraction of sp³-hybridized carbons (Fsp3) is 0.235. The maximum Gasteiger partial charge on any atom is 0.415 e. The van der Waals surface area contributed by atoms with Crippen molar-refractivity contribution in [3.8, 4) is 0 Å². The van der Waals surface area contributed by atoms with Crippen LogP contribution in [0.25, 0.3) is 0 Å². The fourth-order valence-corrected chi connectivity index (χ4v) is 4.58. The maximum absolute atomic E-state index is 13.9. The zero-order valence-corrected chi connectivity index (χ0v) is 12.9. The second-order valence-corrected chi connectivity index (χ2v) is 6.61. The molecule has 1 fully saturated rings. The third kappa shape index (κ3) is 2.08. The summed E-state index contributed by atoms with van der Waals surface area (Å²) < 4.78 is 42.0. The van der Waals surface area contributed by atoms with Crippen LogP contribution in [-0.4, -0.2) is 24.0 Å². The van der Waals surface area contributed by atoms with E-state index in [4.69, 9.17) is 0 Å². The van der Waals surface area contributed by atoms with Crippen molar-refractivity contribution in [1.29, 1.82) is 0 Å². The van der Waals surface area contributed by atoms with Crippen LogP contribution in [0.1, 0.15) is 11.1 Å². The van der Waals surface area contributed by atoms with Gasteiger partial charge in [-0.3, -0.25) is 4.79 Å². The van der Waals surface area contributed by atoms with E-state index in [0.717, 1.165) is 7.11 Å². The third-order valence-corrected chi connectivity index (χ3v) is 5.88. The van der Waals surface area contributed by atoms with Crippen molar-refractivity contribution < 1.29 is 22.7 Å². The van der Waals surface area contributed by atoms with Gasteiger partial charge in [0.1, 0.15) is 4.75 Å². The van der Waals surface area contributed by atoms with Crippen molar-refractivity contribution >= 4 is 17.7 Å². The Morgan fingerprint density at radius 2 is 1.39 bits per heavy atom. The molecule has 0 unspecified atom stereocenters. The van der Waals surface area contributed by atoms with Gasteiger partial charge in [-0.25, -0.2) is 0 Å². The van der Waals surface area contributed by atoms with Gasteiger partial charge in [0.2, 0.25) is 4.75 Å². The quantitative estimate of drug-likeness (QED) is 0.621. The highest BCUT2D eigenvalue weighted by molar-refractivity contribution is 8.10. The number of benzene rings is 2. The molecule has 0 saturated carbocycles. The molecule has 1 saturated heterocycles. The molecule has 0 N–H and O–H groups in total. The van der Waals surface area contributed by atoms with Gasteiger partial charge in [-0.05, 0) is 11.1 Å². The lowest BCUT2D eigenvalue weighted by atomic mass is 9.80. The molecule has 3 rings (SSSR count). The zero-order chi connectivity index (χ0) is 16.7. The highest BCUT2D eigenvalue weighted by atomic mass is 32.2. The number of thioether (sulfide) groups is 1. The monoisotopic (exact) mass is 338 g/mol. The van der Waals surface area contributed by atoms with Gasteiger partial charge in [0.05, 0.1) is 7.11 Å². The van der Waals surface area contributed by atoms with Crippen LogP contribution < -0.4 is 0 Å². The zero-order valence-electron chi connectivity index (χ0n) is 12.1. The smallest absolute Gasteiger partial charge is 0.415 e. The normalized spacial score (nSPS) is 22.4. The summed E-state index contributed by atoms with van der Waals surface area (Å²) in [5.41, 5.74) is 0.859. The first-order chi connectivity index (χ1) is 10.9. The molecule has 120 valence electrons. The number of hydrogen-bond donors (Lipinski definition) is 0. The molecule has 0 amide bonds. The molecule has 0 bridgehead atoms. The fourth-order valence-electron chi connectivity index (χ4n) is 2.94. The van der Waals surface area contributed by atoms with E-state index < -0.39 is 21.6 Å². The summed E-state index contributed by atoms with van der Waals surface area (Å²) in [6.45, 7) is 0. The molecule has 0 aromatic heterocycles. The van der Waals surface area contributed by atoms with E-state index in [1.165, 1.54) is 0 Å². The van der Waals surface area contributed by atoms with Gasteiger partial charge in [0.15, 0.2) is 0 Å². The minimum absolute atomic E-state index is 0.430. The molecule has 0 radical (unpaired) electrons. The van der Waals surface area contributed by atoms with Crippen LogP contribution in [0.4, 0.5) is 13.2 Å². The van der Waals surface area contributed by atoms with Crippen molar-refractivity contribution in [1.82, 2.24) is 0 Å². The van der Waals surface area contributed by atoms with E-state index in [0.29, 0.717) is 22.9 Å². The first-order valence-electron chi connectivity index (χ1n) is 6.86. The van der Waals surface area contributed by atoms with Crippen molar-refractivity contribution in [2.24, 2.45) is 0 Å². The molecular weight excluding hydrogens is 325 g/mol. The van der Waals surface area contributed by atoms with Gasteiger partial charge in [-0.2, -0.15) is 13.2 Å². The first-order valence-corrected chi connectivity index (χ1v) is 7.68. The SMILES string of the molecule is COC(=O)[C@]1(C(F)(F)F)SC1(c1ccccc1)c1ccccc1. The Hall–Kier alpha value is -1.95. The van der Waals surface area contributed by atoms with E-state index >= 15 is 0 Å². The van der Waals surface area contributed by atoms with Crippen LogP contribution >= 0.6 is 11.8 Å². The Bertz CT molecular complexity index is 676. The lowest BCUT2D eigenvalue weighted by Gasteiger charge is -2.24. The van der Waals surface area contributed by atoms with Gasteiger partial charge in [-0.15, -0.1) is 11.8 Å². The minimum atomic E-state index is -4.74. The number of ether oxygens (including phenoxy) is 1. The Labute approximate surface area is 135 Å². The van der Waals surface area contributed by atoms with E-state index in [2.05, 4.69) is 4.74 Å². The van der Waals surface area contributed by atoms with Crippen molar-refractivity contribution in [3.63, 3.8) is 0 Å². The first kappa shape index (κ1) is 15.9. The Balaban J connectivity index is 2.27. The highest BCUT2D eigenvalue weighted by Gasteiger charge is 2.87. The lowest BCUT2D eigenvalue weighted by Crippen LogP contribution is -2.46. The lowest BCUT2D eigenvalue weighted by molar-refractivity contribution is -0.182. The number of alkyl halides is 3. The molecule has 0 spiro atoms. The largest absolute Gasteiger partial charge is 0.468 e. The van der Waals surface area contributed by atoms with Gasteiger partial charge < -0.3 is 4.74 Å². The number of halogens is 3. The Morgan fingerprint density at radius 1 is 0.957 bits per heavy atom. The predicted molar refractivity (Wildman–Crippen MR) is 82.1 cm³/mol. The molecule has 6 heteroatoms. The van der Waals surface area contributed by atoms with Crippen LogP contribution in [0.3, 0.4) is 0 Å². The molecule has 2 nitrogen and oxygen atoms in total. The van der Waals surface area contributed by atoms with Crippen LogP contribution in [0.15, 0.2) is 60.7 Å². The highest BCUT2D eigenvalue weighted by Crippen LogP contribution is 2.78. The number of hydrogen-bond acceptors (Lipinski definition) is 3. The number of rotatable bonds is 3. The molecule has 2 aromatic rings. The van der Waals surface area contributed by atoms with Gasteiger partial charge in [0.25, 0.3) is 0 Å². The van der Waals surface area contributed by atoms with Crippen molar-refractivity contribution in [2.45, 2.75) is 15.7 Å². The Kier molecular flexibility index (Phi) is 3.67. The standard InChI is InChI=1S/C17H13F3O2S/c1-22-14(21)16(17(18,19)20)15(23-16,12-8-4-2-5-9-12)13-10-6-3-7-11-13/h2-11H,1H3/t16-/m0/s1. The summed E-state index contributed by atoms with van der Waals surface area (Å²) in [5, 5.41) is 0. The molecule has 0 aliphatic carbocycles. The Morgan fingerprint density at radius 3 is 1.74 bits per heavy atom. The molecular formula is C17H13F3O2S. The second-order valence-electron chi connectivity index (χ2n) is 5.19. The molecule has 1 heterocycles. The molecule has 1 atom stereocenters. The minimum Gasteiger partial charge on any atom is -0.468 e. The van der Waals surface area contributed by atoms with Gasteiger partial charge >= 0.3 is 12.1 Å². The number of methoxy groups -OCH3 is 1. The summed E-state index contributed by atoms with van der Waals surface area (Å²) >= 11 is 0.578. The molecule has 1 aliphatic heterocycles. The molecule has 1 aliphatic rings. The van der Waals surface area contributed by atoms with Crippen molar-refractivity contribution in [2.75, 3.05) is 7.11 Å². The predicted octanol–water partition coefficient (Wildman–Crippen LogP) is 4.15. The van der Waals surface area contributed by atoms with Gasteiger partial charge in [-0.1, -0.05) is 60.7 Å². The molecule has 23 heavy (non-hydrogen) atoms. The summed E-state index contributed by atoms with van der Waals surface area (Å²) in [4.78, 5) is 12.1. The summed E-state index contributed by atoms with van der Waals surface area (Å²) in [5.74, 6) is -1.28. The summed E-state index contributed by atoms with van der Waals surface area (Å²) in [7, 11) is 0.982. The van der Waals surface area contributed by atoms with Gasteiger partial charge in [0, 0.05) is 0 Å². The average molecular weight is 338 g/mol. The van der Waals surface area contributed by atoms with Crippen LogP contribution in [0, 0.1) is 0 Å². The summed E-state index contributed by atoms with van der Waals surface area (Å²) in [6.07, 6.45) is -4.74. The van der Waals surface area contributed by atoms with Crippen LogP contribution in [0.5, 0.6) is 0 Å². The second kappa shape index (κ2) is 5.30. The molecule has 2 aromatic carbocycles.